The molecule has 7 heteroatoms. The van der Waals surface area contributed by atoms with Gasteiger partial charge in [0.2, 0.25) is 11.9 Å². The lowest BCUT2D eigenvalue weighted by atomic mass is 10.2. The first-order valence-electron chi connectivity index (χ1n) is 9.04. The molecule has 1 aliphatic carbocycles. The number of hydrogen-bond donors (Lipinski definition) is 2. The summed E-state index contributed by atoms with van der Waals surface area (Å²) in [6, 6.07) is 9.61. The fourth-order valence-corrected chi connectivity index (χ4v) is 2.92. The maximum atomic E-state index is 11.8. The molecule has 7 nitrogen and oxygen atoms in total. The molecule has 26 heavy (non-hydrogen) atoms. The average Bonchev–Trinajstić information content (AvgIpc) is 3.49. The summed E-state index contributed by atoms with van der Waals surface area (Å²) in [5, 5.41) is 6.19. The smallest absolute Gasteiger partial charge is 0.229 e. The first kappa shape index (κ1) is 16.8. The molecule has 0 atom stereocenters. The molecule has 0 radical (unpaired) electrons. The van der Waals surface area contributed by atoms with E-state index in [1.807, 2.05) is 37.3 Å². The molecule has 0 spiro atoms. The fourth-order valence-electron chi connectivity index (χ4n) is 2.92. The quantitative estimate of drug-likeness (QED) is 0.860. The molecule has 2 heterocycles. The van der Waals surface area contributed by atoms with E-state index in [-0.39, 0.29) is 11.8 Å². The topological polar surface area (TPSA) is 79.4 Å². The molecule has 0 unspecified atom stereocenters. The Labute approximate surface area is 152 Å². The Balaban J connectivity index is 1.44. The van der Waals surface area contributed by atoms with Gasteiger partial charge in [-0.05, 0) is 44.0 Å². The van der Waals surface area contributed by atoms with E-state index < -0.39 is 0 Å². The number of carbonyl (C=O) groups excluding carboxylic acids is 1. The average molecular weight is 353 g/mol. The van der Waals surface area contributed by atoms with E-state index >= 15 is 0 Å². The summed E-state index contributed by atoms with van der Waals surface area (Å²) >= 11 is 0. The zero-order valence-electron chi connectivity index (χ0n) is 14.9. The van der Waals surface area contributed by atoms with Crippen LogP contribution in [0, 0.1) is 12.8 Å². The third-order valence-corrected chi connectivity index (χ3v) is 4.53. The predicted molar refractivity (Wildman–Crippen MR) is 101 cm³/mol. The minimum absolute atomic E-state index is 0.114. The van der Waals surface area contributed by atoms with Crippen LogP contribution in [0.4, 0.5) is 23.1 Å². The largest absolute Gasteiger partial charge is 0.378 e. The van der Waals surface area contributed by atoms with Gasteiger partial charge in [0.25, 0.3) is 0 Å². The molecular weight excluding hydrogens is 330 g/mol. The Kier molecular flexibility index (Phi) is 4.71. The van der Waals surface area contributed by atoms with Crippen LogP contribution < -0.4 is 15.5 Å². The minimum atomic E-state index is 0.114. The van der Waals surface area contributed by atoms with E-state index in [0.717, 1.165) is 62.0 Å². The molecule has 136 valence electrons. The summed E-state index contributed by atoms with van der Waals surface area (Å²) in [4.78, 5) is 23.1. The summed E-state index contributed by atoms with van der Waals surface area (Å²) in [6.07, 6.45) is 2.00. The molecule has 1 saturated heterocycles. The second kappa shape index (κ2) is 7.29. The lowest BCUT2D eigenvalue weighted by Gasteiger charge is -2.28. The van der Waals surface area contributed by atoms with Crippen molar-refractivity contribution in [2.24, 2.45) is 5.92 Å². The van der Waals surface area contributed by atoms with Crippen LogP contribution in [0.25, 0.3) is 0 Å². The number of hydrogen-bond acceptors (Lipinski definition) is 6. The highest BCUT2D eigenvalue weighted by molar-refractivity contribution is 5.94. The van der Waals surface area contributed by atoms with Crippen molar-refractivity contribution in [3.8, 4) is 0 Å². The monoisotopic (exact) mass is 353 g/mol. The van der Waals surface area contributed by atoms with E-state index in [1.54, 1.807) is 0 Å². The van der Waals surface area contributed by atoms with Gasteiger partial charge in [-0.2, -0.15) is 4.98 Å². The SMILES string of the molecule is Cc1cc(N2CCOCC2)nc(Nc2ccc(NC(=O)C3CC3)cc2)n1. The highest BCUT2D eigenvalue weighted by atomic mass is 16.5. The van der Waals surface area contributed by atoms with Crippen molar-refractivity contribution in [1.82, 2.24) is 9.97 Å². The third kappa shape index (κ3) is 4.11. The molecule has 0 bridgehead atoms. The number of ether oxygens (including phenoxy) is 1. The number of rotatable bonds is 5. The summed E-state index contributed by atoms with van der Waals surface area (Å²) in [6.45, 7) is 5.09. The number of benzene rings is 1. The Morgan fingerprint density at radius 2 is 1.81 bits per heavy atom. The summed E-state index contributed by atoms with van der Waals surface area (Å²) < 4.78 is 5.40. The molecule has 2 aliphatic rings. The van der Waals surface area contributed by atoms with Gasteiger partial charge in [0.15, 0.2) is 0 Å². The Morgan fingerprint density at radius 1 is 1.12 bits per heavy atom. The van der Waals surface area contributed by atoms with Gasteiger partial charge < -0.3 is 20.3 Å². The molecule has 4 rings (SSSR count). The summed E-state index contributed by atoms with van der Waals surface area (Å²) in [7, 11) is 0. The van der Waals surface area contributed by atoms with Crippen LogP contribution >= 0.6 is 0 Å². The lowest BCUT2D eigenvalue weighted by molar-refractivity contribution is -0.117. The number of anilines is 4. The van der Waals surface area contributed by atoms with Crippen molar-refractivity contribution < 1.29 is 9.53 Å². The van der Waals surface area contributed by atoms with E-state index in [2.05, 4.69) is 25.5 Å². The van der Waals surface area contributed by atoms with Crippen molar-refractivity contribution in [3.63, 3.8) is 0 Å². The molecule has 2 fully saturated rings. The predicted octanol–water partition coefficient (Wildman–Crippen LogP) is 2.71. The Hall–Kier alpha value is -2.67. The third-order valence-electron chi connectivity index (χ3n) is 4.53. The van der Waals surface area contributed by atoms with Crippen molar-refractivity contribution in [1.29, 1.82) is 0 Å². The van der Waals surface area contributed by atoms with E-state index in [4.69, 9.17) is 4.74 Å². The van der Waals surface area contributed by atoms with Crippen LogP contribution in [0.15, 0.2) is 30.3 Å². The van der Waals surface area contributed by atoms with Crippen molar-refractivity contribution >= 4 is 29.0 Å². The maximum absolute atomic E-state index is 11.8. The van der Waals surface area contributed by atoms with Crippen molar-refractivity contribution in [3.05, 3.63) is 36.0 Å². The second-order valence-corrected chi connectivity index (χ2v) is 6.76. The van der Waals surface area contributed by atoms with Gasteiger partial charge in [0, 0.05) is 42.1 Å². The lowest BCUT2D eigenvalue weighted by Crippen LogP contribution is -2.36. The normalized spacial score (nSPS) is 17.0. The molecule has 2 aromatic rings. The number of carbonyl (C=O) groups is 1. The number of nitrogens with one attached hydrogen (secondary N) is 2. The number of aromatic nitrogens is 2. The molecule has 1 saturated carbocycles. The number of amides is 1. The zero-order valence-corrected chi connectivity index (χ0v) is 14.9. The standard InChI is InChI=1S/C19H23N5O2/c1-13-12-17(24-8-10-26-11-9-24)23-19(20-13)22-16-6-4-15(5-7-16)21-18(25)14-2-3-14/h4-7,12,14H,2-3,8-11H2,1H3,(H,21,25)(H,20,22,23). The van der Waals surface area contributed by atoms with Gasteiger partial charge in [0.1, 0.15) is 5.82 Å². The van der Waals surface area contributed by atoms with Gasteiger partial charge in [-0.15, -0.1) is 0 Å². The first-order valence-corrected chi connectivity index (χ1v) is 9.04. The summed E-state index contributed by atoms with van der Waals surface area (Å²) in [5.74, 6) is 1.80. The van der Waals surface area contributed by atoms with E-state index in [0.29, 0.717) is 5.95 Å². The van der Waals surface area contributed by atoms with Crippen LogP contribution in [0.5, 0.6) is 0 Å². The summed E-state index contributed by atoms with van der Waals surface area (Å²) in [5.41, 5.74) is 2.61. The molecule has 2 N–H and O–H groups in total. The van der Waals surface area contributed by atoms with Gasteiger partial charge in [-0.1, -0.05) is 0 Å². The van der Waals surface area contributed by atoms with Crippen molar-refractivity contribution in [2.75, 3.05) is 41.8 Å². The molecular formula is C19H23N5O2. The highest BCUT2D eigenvalue weighted by Gasteiger charge is 2.29. The molecule has 1 aromatic heterocycles. The van der Waals surface area contributed by atoms with Crippen molar-refractivity contribution in [2.45, 2.75) is 19.8 Å². The number of nitrogens with zero attached hydrogens (tertiary/aromatic N) is 3. The van der Waals surface area contributed by atoms with Crippen LogP contribution in [-0.2, 0) is 9.53 Å². The number of morpholine rings is 1. The van der Waals surface area contributed by atoms with Crippen LogP contribution in [0.1, 0.15) is 18.5 Å². The molecule has 1 aliphatic heterocycles. The fraction of sp³-hybridized carbons (Fsp3) is 0.421. The second-order valence-electron chi connectivity index (χ2n) is 6.76. The Morgan fingerprint density at radius 3 is 2.50 bits per heavy atom. The van der Waals surface area contributed by atoms with Crippen LogP contribution in [0.3, 0.4) is 0 Å². The maximum Gasteiger partial charge on any atom is 0.229 e. The highest BCUT2D eigenvalue weighted by Crippen LogP contribution is 2.30. The zero-order chi connectivity index (χ0) is 17.9. The molecule has 1 aromatic carbocycles. The van der Waals surface area contributed by atoms with Gasteiger partial charge >= 0.3 is 0 Å². The van der Waals surface area contributed by atoms with Gasteiger partial charge in [-0.25, -0.2) is 4.98 Å². The van der Waals surface area contributed by atoms with Crippen LogP contribution in [-0.4, -0.2) is 42.2 Å². The Bertz CT molecular complexity index is 783. The van der Waals surface area contributed by atoms with E-state index in [9.17, 15) is 4.79 Å². The number of aryl methyl sites for hydroxylation is 1. The van der Waals surface area contributed by atoms with E-state index in [1.165, 1.54) is 0 Å². The van der Waals surface area contributed by atoms with Crippen LogP contribution in [0.2, 0.25) is 0 Å². The minimum Gasteiger partial charge on any atom is -0.378 e. The first-order chi connectivity index (χ1) is 12.7. The molecule has 1 amide bonds. The van der Waals surface area contributed by atoms with Gasteiger partial charge in [-0.3, -0.25) is 4.79 Å². The van der Waals surface area contributed by atoms with Gasteiger partial charge in [0.05, 0.1) is 13.2 Å².